The van der Waals surface area contributed by atoms with Crippen LogP contribution in [0, 0.1) is 11.3 Å². The van der Waals surface area contributed by atoms with Gasteiger partial charge in [-0.3, -0.25) is 5.41 Å². The predicted molar refractivity (Wildman–Crippen MR) is 112 cm³/mol. The summed E-state index contributed by atoms with van der Waals surface area (Å²) in [6.45, 7) is 9.05. The third-order valence-corrected chi connectivity index (χ3v) is 3.41. The third-order valence-electron chi connectivity index (χ3n) is 3.41. The summed E-state index contributed by atoms with van der Waals surface area (Å²) in [5.41, 5.74) is 8.41. The van der Waals surface area contributed by atoms with Gasteiger partial charge in [-0.2, -0.15) is 0 Å². The largest absolute Gasteiger partial charge is 0.491 e. The van der Waals surface area contributed by atoms with Gasteiger partial charge in [0.15, 0.2) is 0 Å². The molecule has 0 aliphatic rings. The van der Waals surface area contributed by atoms with E-state index in [2.05, 4.69) is 24.1 Å². The fourth-order valence-corrected chi connectivity index (χ4v) is 2.24. The fourth-order valence-electron chi connectivity index (χ4n) is 2.24. The Morgan fingerprint density at radius 2 is 1.92 bits per heavy atom. The molecule has 0 spiro atoms. The Balaban J connectivity index is 0. The minimum Gasteiger partial charge on any atom is -0.491 e. The molecule has 0 radical (unpaired) electrons. The van der Waals surface area contributed by atoms with Crippen LogP contribution in [-0.4, -0.2) is 35.6 Å². The van der Waals surface area contributed by atoms with Gasteiger partial charge >= 0.3 is 0 Å². The first-order chi connectivity index (χ1) is 12.4. The molecule has 0 fully saturated rings. The maximum Gasteiger partial charge on any atom is 0.126 e. The monoisotopic (exact) mass is 362 g/mol. The number of nitrogens with one attached hydrogen (secondary N) is 2. The van der Waals surface area contributed by atoms with Crippen molar-refractivity contribution < 1.29 is 12.7 Å². The summed E-state index contributed by atoms with van der Waals surface area (Å²) >= 11 is 0. The van der Waals surface area contributed by atoms with Gasteiger partial charge in [-0.25, -0.2) is 4.98 Å². The molecule has 0 saturated heterocycles. The van der Waals surface area contributed by atoms with Crippen LogP contribution >= 0.6 is 0 Å². The quantitative estimate of drug-likeness (QED) is 0.439. The summed E-state index contributed by atoms with van der Waals surface area (Å²) in [7, 11) is 1.00. The average molecular weight is 363 g/mol. The van der Waals surface area contributed by atoms with E-state index in [0.29, 0.717) is 28.6 Å². The summed E-state index contributed by atoms with van der Waals surface area (Å²) in [5.74, 6) is 2.00. The number of nitrogens with zero attached hydrogens (tertiary/aromatic N) is 1. The molecule has 1 aromatic carbocycles. The van der Waals surface area contributed by atoms with Crippen LogP contribution in [0.3, 0.4) is 0 Å². The van der Waals surface area contributed by atoms with Gasteiger partial charge in [0, 0.05) is 39.5 Å². The second-order valence-corrected chi connectivity index (χ2v) is 6.50. The van der Waals surface area contributed by atoms with Crippen molar-refractivity contribution in [2.24, 2.45) is 5.92 Å². The molecule has 0 aliphatic carbocycles. The first-order valence-corrected chi connectivity index (χ1v) is 8.67. The lowest BCUT2D eigenvalue weighted by Crippen LogP contribution is -2.11. The summed E-state index contributed by atoms with van der Waals surface area (Å²) in [4.78, 5) is 4.30. The van der Waals surface area contributed by atoms with Crippen LogP contribution in [0.15, 0.2) is 36.5 Å². The van der Waals surface area contributed by atoms with Crippen LogP contribution < -0.4 is 15.8 Å². The van der Waals surface area contributed by atoms with Crippen molar-refractivity contribution in [3.05, 3.63) is 47.7 Å². The Hall–Kier alpha value is -2.60. The van der Waals surface area contributed by atoms with Crippen molar-refractivity contribution in [3.63, 3.8) is 0 Å². The summed E-state index contributed by atoms with van der Waals surface area (Å²) < 4.78 is 5.71. The zero-order chi connectivity index (χ0) is 19.7. The molecular weight excluding hydrogens is 328 g/mol. The van der Waals surface area contributed by atoms with E-state index in [1.54, 1.807) is 12.3 Å². The molecule has 0 bridgehead atoms. The van der Waals surface area contributed by atoms with Crippen LogP contribution in [0.2, 0.25) is 0 Å². The average Bonchev–Trinajstić information content (AvgIpc) is 2.62. The third kappa shape index (κ3) is 6.37. The van der Waals surface area contributed by atoms with Gasteiger partial charge in [-0.1, -0.05) is 13.8 Å². The molecule has 0 atom stereocenters. The number of pyridine rings is 1. The summed E-state index contributed by atoms with van der Waals surface area (Å²) in [6.07, 6.45) is 1.78. The highest BCUT2D eigenvalue weighted by molar-refractivity contribution is 6.14. The number of hydrogen-bond acceptors (Lipinski definition) is 6. The van der Waals surface area contributed by atoms with Crippen molar-refractivity contribution in [1.82, 2.24) is 4.98 Å². The van der Waals surface area contributed by atoms with E-state index in [9.17, 15) is 0 Å². The molecule has 2 aromatic rings. The van der Waals surface area contributed by atoms with Gasteiger partial charge in [0.25, 0.3) is 0 Å². The Bertz CT molecular complexity index is 725. The highest BCUT2D eigenvalue weighted by atomic mass is 16.5. The molecule has 0 unspecified atom stereocenters. The number of aliphatic hydroxyl groups is 1. The lowest BCUT2D eigenvalue weighted by molar-refractivity contribution is 0.242. The number of nitrogen functional groups attached to an aromatic ring is 1. The van der Waals surface area contributed by atoms with Gasteiger partial charge in [-0.05, 0) is 50.1 Å². The van der Waals surface area contributed by atoms with Crippen molar-refractivity contribution in [2.45, 2.75) is 33.8 Å². The number of aromatic nitrogens is 1. The zero-order valence-corrected chi connectivity index (χ0v) is 16.2. The van der Waals surface area contributed by atoms with Crippen LogP contribution in [-0.2, 0) is 0 Å². The molecule has 1 heterocycles. The van der Waals surface area contributed by atoms with Gasteiger partial charge < -0.3 is 20.9 Å². The number of aliphatic hydroxyl groups excluding tert-OH is 1. The molecule has 1 aromatic heterocycles. The lowest BCUT2D eigenvalue weighted by atomic mass is 10.0. The van der Waals surface area contributed by atoms with Crippen molar-refractivity contribution in [1.29, 1.82) is 5.41 Å². The van der Waals surface area contributed by atoms with Crippen molar-refractivity contribution >= 4 is 17.2 Å². The number of hydrogen-bond donors (Lipinski definition) is 4. The molecule has 26 heavy (non-hydrogen) atoms. The van der Waals surface area contributed by atoms with Gasteiger partial charge in [0.2, 0.25) is 0 Å². The number of benzene rings is 1. The van der Waals surface area contributed by atoms with Crippen LogP contribution in [0.1, 0.15) is 41.7 Å². The second kappa shape index (κ2) is 10.4. The van der Waals surface area contributed by atoms with E-state index in [0.717, 1.165) is 25.0 Å². The second-order valence-electron chi connectivity index (χ2n) is 6.50. The first kappa shape index (κ1) is 21.4. The minimum atomic E-state index is 0. The molecule has 0 amide bonds. The number of nitrogens with two attached hydrogens (primary N) is 1. The maximum absolute atomic E-state index is 8.51. The number of rotatable bonds is 7. The van der Waals surface area contributed by atoms with Crippen LogP contribution in [0.4, 0.5) is 11.5 Å². The van der Waals surface area contributed by atoms with E-state index < -0.39 is 0 Å². The highest BCUT2D eigenvalue weighted by Gasteiger charge is 2.12. The van der Waals surface area contributed by atoms with E-state index in [1.807, 2.05) is 38.1 Å². The Labute approximate surface area is 158 Å². The molecule has 2 rings (SSSR count). The molecule has 146 valence electrons. The Kier molecular flexibility index (Phi) is 8.58. The highest BCUT2D eigenvalue weighted by Crippen LogP contribution is 2.24. The smallest absolute Gasteiger partial charge is 0.126 e. The number of ether oxygens (including phenoxy) is 1. The van der Waals surface area contributed by atoms with Gasteiger partial charge in [-0.15, -0.1) is 0 Å². The van der Waals surface area contributed by atoms with Crippen molar-refractivity contribution in [2.75, 3.05) is 24.7 Å². The fraction of sp³-hybridized carbons (Fsp3) is 0.400. The normalized spacial score (nSPS) is 10.3. The topological polar surface area (TPSA) is 104 Å². The number of anilines is 2. The molecule has 6 heteroatoms. The Morgan fingerprint density at radius 3 is 2.54 bits per heavy atom. The van der Waals surface area contributed by atoms with E-state index in [1.165, 1.54) is 0 Å². The summed E-state index contributed by atoms with van der Waals surface area (Å²) in [6, 6.07) is 9.12. The van der Waals surface area contributed by atoms with E-state index in [4.69, 9.17) is 21.0 Å². The standard InChI is InChI=1S/C19H26N4O.CH4O.2H2/c1-12(2)11-23-18-9-14(7-8-22-18)19(21)16-10-15(24-13(3)4)5-6-17(16)20;1-2;;/h5-10,12-13,21H,11,20H2,1-4H3,(H,22,23);2H,1H3;2*1H. The molecule has 0 saturated carbocycles. The van der Waals surface area contributed by atoms with Gasteiger partial charge in [0.1, 0.15) is 11.6 Å². The SMILES string of the molecule is CC(C)CNc1cc(C(=N)c2cc(OC(C)C)ccc2N)ccn1.CO.[HH].[HH]. The molecular formula is C20H34N4O2. The zero-order valence-electron chi connectivity index (χ0n) is 16.2. The lowest BCUT2D eigenvalue weighted by Gasteiger charge is -2.14. The molecule has 6 nitrogen and oxygen atoms in total. The maximum atomic E-state index is 8.51. The Morgan fingerprint density at radius 1 is 1.23 bits per heavy atom. The minimum absolute atomic E-state index is 0. The van der Waals surface area contributed by atoms with E-state index >= 15 is 0 Å². The van der Waals surface area contributed by atoms with Crippen LogP contribution in [0.25, 0.3) is 0 Å². The van der Waals surface area contributed by atoms with Crippen molar-refractivity contribution in [3.8, 4) is 5.75 Å². The van der Waals surface area contributed by atoms with Gasteiger partial charge in [0.05, 0.1) is 11.8 Å². The van der Waals surface area contributed by atoms with E-state index in [-0.39, 0.29) is 8.96 Å². The molecule has 0 aliphatic heterocycles. The molecule has 5 N–H and O–H groups in total. The first-order valence-electron chi connectivity index (χ1n) is 8.67. The summed E-state index contributed by atoms with van der Waals surface area (Å²) in [5, 5.41) is 18.8. The predicted octanol–water partition coefficient (Wildman–Crippen LogP) is 4.04. The van der Waals surface area contributed by atoms with Crippen LogP contribution in [0.5, 0.6) is 5.75 Å².